The number of hydrogen-bond donors (Lipinski definition) is 1. The molecule has 4 rings (SSSR count). The SMILES string of the molecule is CC(=O)c1cccc(NC(=O)COC(=O)c2ccc(N3C(=O)[C@H]4CC=CC[C@H]4C3=O)cc2)c1. The van der Waals surface area contributed by atoms with E-state index in [4.69, 9.17) is 4.74 Å². The molecule has 1 aliphatic heterocycles. The lowest BCUT2D eigenvalue weighted by atomic mass is 9.85. The number of anilines is 2. The summed E-state index contributed by atoms with van der Waals surface area (Å²) >= 11 is 0. The van der Waals surface area contributed by atoms with Crippen LogP contribution in [0.1, 0.15) is 40.5 Å². The summed E-state index contributed by atoms with van der Waals surface area (Å²) in [6, 6.07) is 12.4. The number of ketones is 1. The molecule has 168 valence electrons. The maximum Gasteiger partial charge on any atom is 0.338 e. The van der Waals surface area contributed by atoms with Crippen molar-refractivity contribution in [2.24, 2.45) is 11.8 Å². The van der Waals surface area contributed by atoms with Crippen molar-refractivity contribution in [1.82, 2.24) is 0 Å². The standard InChI is InChI=1S/C25H22N2O6/c1-15(28)17-5-4-6-18(13-17)26-22(29)14-33-25(32)16-9-11-19(12-10-16)27-23(30)20-7-2-3-8-21(20)24(27)31/h2-6,9-13,20-21H,7-8,14H2,1H3,(H,26,29)/t20-,21+. The number of carbonyl (C=O) groups is 5. The molecule has 8 nitrogen and oxygen atoms in total. The molecule has 1 saturated heterocycles. The summed E-state index contributed by atoms with van der Waals surface area (Å²) in [5, 5.41) is 2.57. The lowest BCUT2D eigenvalue weighted by Crippen LogP contribution is -2.30. The Kier molecular flexibility index (Phi) is 6.17. The number of esters is 1. The van der Waals surface area contributed by atoms with E-state index in [0.717, 1.165) is 0 Å². The molecule has 0 unspecified atom stereocenters. The molecule has 0 saturated carbocycles. The van der Waals surface area contributed by atoms with Gasteiger partial charge in [-0.15, -0.1) is 0 Å². The van der Waals surface area contributed by atoms with E-state index < -0.39 is 18.5 Å². The Morgan fingerprint density at radius 2 is 1.58 bits per heavy atom. The predicted octanol–water partition coefficient (Wildman–Crippen LogP) is 3.14. The third-order valence-corrected chi connectivity index (χ3v) is 5.76. The van der Waals surface area contributed by atoms with Gasteiger partial charge < -0.3 is 10.1 Å². The Balaban J connectivity index is 1.35. The summed E-state index contributed by atoms with van der Waals surface area (Å²) < 4.78 is 5.05. The van der Waals surface area contributed by atoms with Crippen LogP contribution in [0.3, 0.4) is 0 Å². The summed E-state index contributed by atoms with van der Waals surface area (Å²) in [7, 11) is 0. The average molecular weight is 446 g/mol. The van der Waals surface area contributed by atoms with E-state index in [1.807, 2.05) is 12.2 Å². The first kappa shape index (κ1) is 22.1. The number of allylic oxidation sites excluding steroid dienone is 2. The third-order valence-electron chi connectivity index (χ3n) is 5.76. The van der Waals surface area contributed by atoms with Crippen molar-refractivity contribution in [3.63, 3.8) is 0 Å². The van der Waals surface area contributed by atoms with Crippen LogP contribution in [0.15, 0.2) is 60.7 Å². The number of fused-ring (bicyclic) bond motifs is 1. The summed E-state index contributed by atoms with van der Waals surface area (Å²) in [6.45, 7) is 0.915. The fourth-order valence-corrected chi connectivity index (χ4v) is 4.03. The van der Waals surface area contributed by atoms with Gasteiger partial charge in [0.05, 0.1) is 23.1 Å². The van der Waals surface area contributed by atoms with Gasteiger partial charge in [0.2, 0.25) is 11.8 Å². The largest absolute Gasteiger partial charge is 0.452 e. The van der Waals surface area contributed by atoms with Crippen molar-refractivity contribution < 1.29 is 28.7 Å². The Hall–Kier alpha value is -4.07. The average Bonchev–Trinajstić information content (AvgIpc) is 3.08. The molecule has 1 N–H and O–H groups in total. The Bertz CT molecular complexity index is 1140. The highest BCUT2D eigenvalue weighted by atomic mass is 16.5. The summed E-state index contributed by atoms with van der Waals surface area (Å²) in [4.78, 5) is 62.4. The zero-order valence-corrected chi connectivity index (χ0v) is 17.9. The molecule has 8 heteroatoms. The third kappa shape index (κ3) is 4.59. The molecule has 3 amide bonds. The molecule has 33 heavy (non-hydrogen) atoms. The number of nitrogens with one attached hydrogen (secondary N) is 1. The number of Topliss-reactive ketones (excluding diaryl/α,β-unsaturated/α-hetero) is 1. The van der Waals surface area contributed by atoms with Crippen molar-refractivity contribution >= 4 is 40.8 Å². The van der Waals surface area contributed by atoms with Gasteiger partial charge in [0, 0.05) is 11.3 Å². The first-order valence-electron chi connectivity index (χ1n) is 10.6. The van der Waals surface area contributed by atoms with Crippen molar-refractivity contribution in [3.8, 4) is 0 Å². The maximum absolute atomic E-state index is 12.7. The van der Waals surface area contributed by atoms with Gasteiger partial charge in [-0.25, -0.2) is 4.79 Å². The van der Waals surface area contributed by atoms with E-state index in [1.54, 1.807) is 18.2 Å². The zero-order chi connectivity index (χ0) is 23.5. The van der Waals surface area contributed by atoms with Crippen molar-refractivity contribution in [1.29, 1.82) is 0 Å². The second-order valence-electron chi connectivity index (χ2n) is 7.98. The highest BCUT2D eigenvalue weighted by Gasteiger charge is 2.47. The van der Waals surface area contributed by atoms with Crippen molar-refractivity contribution in [2.75, 3.05) is 16.8 Å². The van der Waals surface area contributed by atoms with Gasteiger partial charge in [-0.3, -0.25) is 24.1 Å². The lowest BCUT2D eigenvalue weighted by molar-refractivity contribution is -0.122. The second-order valence-corrected chi connectivity index (χ2v) is 7.98. The topological polar surface area (TPSA) is 110 Å². The van der Waals surface area contributed by atoms with E-state index in [0.29, 0.717) is 29.8 Å². The van der Waals surface area contributed by atoms with E-state index in [1.165, 1.54) is 42.2 Å². The van der Waals surface area contributed by atoms with Gasteiger partial charge in [-0.2, -0.15) is 0 Å². The minimum absolute atomic E-state index is 0.131. The van der Waals surface area contributed by atoms with E-state index in [-0.39, 0.29) is 35.0 Å². The normalized spacial score (nSPS) is 19.2. The van der Waals surface area contributed by atoms with Crippen LogP contribution in [0.5, 0.6) is 0 Å². The van der Waals surface area contributed by atoms with Crippen molar-refractivity contribution in [3.05, 3.63) is 71.8 Å². The minimum Gasteiger partial charge on any atom is -0.452 e. The van der Waals surface area contributed by atoms with E-state index in [9.17, 15) is 24.0 Å². The number of carbonyl (C=O) groups excluding carboxylic acids is 5. The number of amides is 3. The monoisotopic (exact) mass is 446 g/mol. The van der Waals surface area contributed by atoms with Crippen LogP contribution in [0.25, 0.3) is 0 Å². The summed E-state index contributed by atoms with van der Waals surface area (Å²) in [5.41, 5.74) is 1.46. The highest BCUT2D eigenvalue weighted by Crippen LogP contribution is 2.37. The molecular weight excluding hydrogens is 424 g/mol. The number of rotatable bonds is 6. The molecule has 2 aliphatic rings. The first-order chi connectivity index (χ1) is 15.8. The number of nitrogens with zero attached hydrogens (tertiary/aromatic N) is 1. The molecule has 2 aromatic carbocycles. The summed E-state index contributed by atoms with van der Waals surface area (Å²) in [6.07, 6.45) is 4.95. The van der Waals surface area contributed by atoms with Gasteiger partial charge in [0.1, 0.15) is 0 Å². The smallest absolute Gasteiger partial charge is 0.338 e. The number of benzene rings is 2. The van der Waals surface area contributed by atoms with Crippen LogP contribution in [0.4, 0.5) is 11.4 Å². The number of imide groups is 1. The van der Waals surface area contributed by atoms with Gasteiger partial charge in [0.25, 0.3) is 5.91 Å². The van der Waals surface area contributed by atoms with E-state index >= 15 is 0 Å². The summed E-state index contributed by atoms with van der Waals surface area (Å²) in [5.74, 6) is -2.51. The maximum atomic E-state index is 12.7. The first-order valence-corrected chi connectivity index (χ1v) is 10.6. The Morgan fingerprint density at radius 1 is 0.939 bits per heavy atom. The molecule has 2 atom stereocenters. The number of ether oxygens (including phenoxy) is 1. The van der Waals surface area contributed by atoms with Crippen LogP contribution in [0, 0.1) is 11.8 Å². The molecule has 0 aromatic heterocycles. The van der Waals surface area contributed by atoms with Gasteiger partial charge in [0.15, 0.2) is 12.4 Å². The van der Waals surface area contributed by atoms with Crippen molar-refractivity contribution in [2.45, 2.75) is 19.8 Å². The molecule has 0 radical (unpaired) electrons. The highest BCUT2D eigenvalue weighted by molar-refractivity contribution is 6.22. The molecular formula is C25H22N2O6. The van der Waals surface area contributed by atoms with Crippen LogP contribution < -0.4 is 10.2 Å². The zero-order valence-electron chi connectivity index (χ0n) is 17.9. The molecule has 1 fully saturated rings. The molecule has 1 aliphatic carbocycles. The fraction of sp³-hybridized carbons (Fsp3) is 0.240. The molecule has 1 heterocycles. The van der Waals surface area contributed by atoms with Gasteiger partial charge >= 0.3 is 5.97 Å². The van der Waals surface area contributed by atoms with Gasteiger partial charge in [-0.05, 0) is 56.2 Å². The second kappa shape index (κ2) is 9.20. The van der Waals surface area contributed by atoms with E-state index in [2.05, 4.69) is 5.32 Å². The number of hydrogen-bond acceptors (Lipinski definition) is 6. The lowest BCUT2D eigenvalue weighted by Gasteiger charge is -2.15. The Morgan fingerprint density at radius 3 is 2.18 bits per heavy atom. The fourth-order valence-electron chi connectivity index (χ4n) is 4.03. The molecule has 0 spiro atoms. The molecule has 0 bridgehead atoms. The van der Waals surface area contributed by atoms with Crippen LogP contribution in [-0.4, -0.2) is 36.1 Å². The van der Waals surface area contributed by atoms with Crippen LogP contribution in [-0.2, 0) is 19.1 Å². The predicted molar refractivity (Wildman–Crippen MR) is 120 cm³/mol. The quantitative estimate of drug-likeness (QED) is 0.316. The van der Waals surface area contributed by atoms with Crippen LogP contribution >= 0.6 is 0 Å². The minimum atomic E-state index is -0.717. The van der Waals surface area contributed by atoms with Crippen LogP contribution in [0.2, 0.25) is 0 Å². The Labute approximate surface area is 190 Å². The molecule has 2 aromatic rings. The van der Waals surface area contributed by atoms with Gasteiger partial charge in [-0.1, -0.05) is 24.3 Å².